The summed E-state index contributed by atoms with van der Waals surface area (Å²) in [5, 5.41) is 12.2. The van der Waals surface area contributed by atoms with Crippen LogP contribution in [0, 0.1) is 0 Å². The summed E-state index contributed by atoms with van der Waals surface area (Å²) in [6, 6.07) is 13.6. The van der Waals surface area contributed by atoms with Gasteiger partial charge in [0, 0.05) is 36.8 Å². The van der Waals surface area contributed by atoms with E-state index in [-0.39, 0.29) is 17.7 Å². The Labute approximate surface area is 162 Å². The van der Waals surface area contributed by atoms with Crippen molar-refractivity contribution in [1.82, 2.24) is 25.1 Å². The molecule has 1 aromatic carbocycles. The van der Waals surface area contributed by atoms with Crippen molar-refractivity contribution in [3.8, 4) is 17.1 Å². The van der Waals surface area contributed by atoms with Crippen LogP contribution in [-0.2, 0) is 9.53 Å². The average molecular weight is 383 g/mol. The van der Waals surface area contributed by atoms with Crippen LogP contribution in [0.3, 0.4) is 0 Å². The topological polar surface area (TPSA) is 81.9 Å². The van der Waals surface area contributed by atoms with Crippen molar-refractivity contribution >= 4 is 17.7 Å². The van der Waals surface area contributed by atoms with Crippen molar-refractivity contribution in [2.45, 2.75) is 18.1 Å². The molecule has 7 nitrogen and oxygen atoms in total. The number of para-hydroxylation sites is 1. The Morgan fingerprint density at radius 1 is 1.19 bits per heavy atom. The molecule has 0 bridgehead atoms. The lowest BCUT2D eigenvalue weighted by Gasteiger charge is -2.13. The number of benzene rings is 1. The molecule has 0 saturated heterocycles. The molecule has 140 valence electrons. The fraction of sp³-hybridized carbons (Fsp3) is 0.263. The second-order valence-corrected chi connectivity index (χ2v) is 6.87. The van der Waals surface area contributed by atoms with E-state index in [1.807, 2.05) is 54.0 Å². The van der Waals surface area contributed by atoms with Gasteiger partial charge in [-0.15, -0.1) is 10.2 Å². The SMILES string of the molecule is COCC(C)NC(=O)CSc1nnc(-c2ccncc2)n1-c1ccccc1. The van der Waals surface area contributed by atoms with Crippen LogP contribution in [0.25, 0.3) is 17.1 Å². The number of hydrogen-bond acceptors (Lipinski definition) is 6. The second kappa shape index (κ2) is 9.29. The Balaban J connectivity index is 1.83. The molecule has 0 fully saturated rings. The van der Waals surface area contributed by atoms with Gasteiger partial charge in [-0.05, 0) is 31.2 Å². The highest BCUT2D eigenvalue weighted by Crippen LogP contribution is 2.27. The number of amides is 1. The Bertz CT molecular complexity index is 870. The molecule has 0 saturated carbocycles. The minimum absolute atomic E-state index is 0.0394. The molecular formula is C19H21N5O2S. The highest BCUT2D eigenvalue weighted by Gasteiger charge is 2.17. The molecule has 0 spiro atoms. The molecule has 1 N–H and O–H groups in total. The Morgan fingerprint density at radius 3 is 2.63 bits per heavy atom. The number of ether oxygens (including phenoxy) is 1. The zero-order chi connectivity index (χ0) is 19.1. The van der Waals surface area contributed by atoms with Crippen LogP contribution in [0.1, 0.15) is 6.92 Å². The van der Waals surface area contributed by atoms with Crippen molar-refractivity contribution in [3.63, 3.8) is 0 Å². The van der Waals surface area contributed by atoms with Gasteiger partial charge >= 0.3 is 0 Å². The van der Waals surface area contributed by atoms with Crippen LogP contribution >= 0.6 is 11.8 Å². The quantitative estimate of drug-likeness (QED) is 0.602. The summed E-state index contributed by atoms with van der Waals surface area (Å²) in [6.45, 7) is 2.38. The van der Waals surface area contributed by atoms with Crippen LogP contribution in [0.15, 0.2) is 60.0 Å². The van der Waals surface area contributed by atoms with Gasteiger partial charge in [0.1, 0.15) is 0 Å². The summed E-state index contributed by atoms with van der Waals surface area (Å²) in [6.07, 6.45) is 3.44. The van der Waals surface area contributed by atoms with E-state index in [1.54, 1.807) is 19.5 Å². The first-order valence-electron chi connectivity index (χ1n) is 8.51. The summed E-state index contributed by atoms with van der Waals surface area (Å²) in [4.78, 5) is 16.2. The number of carbonyl (C=O) groups is 1. The number of methoxy groups -OCH3 is 1. The molecule has 8 heteroatoms. The number of nitrogens with one attached hydrogen (secondary N) is 1. The lowest BCUT2D eigenvalue weighted by Crippen LogP contribution is -2.36. The molecular weight excluding hydrogens is 362 g/mol. The standard InChI is InChI=1S/C19H21N5O2S/c1-14(12-26-2)21-17(25)13-27-19-23-22-18(15-8-10-20-11-9-15)24(19)16-6-4-3-5-7-16/h3-11,14H,12-13H2,1-2H3,(H,21,25). The predicted molar refractivity (Wildman–Crippen MR) is 105 cm³/mol. The van der Waals surface area contributed by atoms with Crippen LogP contribution in [0.2, 0.25) is 0 Å². The van der Waals surface area contributed by atoms with Gasteiger partial charge in [0.05, 0.1) is 12.4 Å². The second-order valence-electron chi connectivity index (χ2n) is 5.93. The van der Waals surface area contributed by atoms with Crippen molar-refractivity contribution < 1.29 is 9.53 Å². The molecule has 2 heterocycles. The number of nitrogens with zero attached hydrogens (tertiary/aromatic N) is 4. The Kier molecular flexibility index (Phi) is 6.56. The van der Waals surface area contributed by atoms with E-state index >= 15 is 0 Å². The fourth-order valence-corrected chi connectivity index (χ4v) is 3.36. The number of rotatable bonds is 8. The van der Waals surface area contributed by atoms with E-state index < -0.39 is 0 Å². The third-order valence-electron chi connectivity index (χ3n) is 3.74. The van der Waals surface area contributed by atoms with Crippen molar-refractivity contribution in [3.05, 3.63) is 54.9 Å². The fourth-order valence-electron chi connectivity index (χ4n) is 2.60. The first-order chi connectivity index (χ1) is 13.2. The van der Waals surface area contributed by atoms with E-state index in [2.05, 4.69) is 20.5 Å². The van der Waals surface area contributed by atoms with E-state index in [9.17, 15) is 4.79 Å². The molecule has 2 aromatic heterocycles. The normalized spacial score (nSPS) is 11.9. The highest BCUT2D eigenvalue weighted by molar-refractivity contribution is 7.99. The predicted octanol–water partition coefficient (Wildman–Crippen LogP) is 2.57. The van der Waals surface area contributed by atoms with Gasteiger partial charge in [-0.2, -0.15) is 0 Å². The first-order valence-corrected chi connectivity index (χ1v) is 9.50. The number of carbonyl (C=O) groups excluding carboxylic acids is 1. The maximum Gasteiger partial charge on any atom is 0.230 e. The molecule has 0 aliphatic rings. The van der Waals surface area contributed by atoms with E-state index in [1.165, 1.54) is 11.8 Å². The molecule has 0 radical (unpaired) electrons. The van der Waals surface area contributed by atoms with Crippen molar-refractivity contribution in [2.75, 3.05) is 19.5 Å². The molecule has 3 rings (SSSR count). The molecule has 1 unspecified atom stereocenters. The van der Waals surface area contributed by atoms with Gasteiger partial charge in [0.25, 0.3) is 0 Å². The average Bonchev–Trinajstić information content (AvgIpc) is 3.12. The summed E-state index contributed by atoms with van der Waals surface area (Å²) in [5.74, 6) is 0.881. The van der Waals surface area contributed by atoms with Gasteiger partial charge in [-0.3, -0.25) is 14.3 Å². The van der Waals surface area contributed by atoms with Gasteiger partial charge < -0.3 is 10.1 Å². The maximum atomic E-state index is 12.2. The Morgan fingerprint density at radius 2 is 1.93 bits per heavy atom. The van der Waals surface area contributed by atoms with Crippen molar-refractivity contribution in [2.24, 2.45) is 0 Å². The number of hydrogen-bond donors (Lipinski definition) is 1. The van der Waals surface area contributed by atoms with Crippen LogP contribution in [0.5, 0.6) is 0 Å². The molecule has 27 heavy (non-hydrogen) atoms. The summed E-state index contributed by atoms with van der Waals surface area (Å²) < 4.78 is 6.99. The highest BCUT2D eigenvalue weighted by atomic mass is 32.2. The molecule has 1 amide bonds. The summed E-state index contributed by atoms with van der Waals surface area (Å²) in [5.41, 5.74) is 1.84. The van der Waals surface area contributed by atoms with Gasteiger partial charge in [0.15, 0.2) is 11.0 Å². The monoisotopic (exact) mass is 383 g/mol. The zero-order valence-corrected chi connectivity index (χ0v) is 16.0. The number of aromatic nitrogens is 4. The van der Waals surface area contributed by atoms with Crippen LogP contribution < -0.4 is 5.32 Å². The number of thioether (sulfide) groups is 1. The van der Waals surface area contributed by atoms with E-state index in [0.717, 1.165) is 11.3 Å². The minimum atomic E-state index is -0.0716. The van der Waals surface area contributed by atoms with Crippen LogP contribution in [0.4, 0.5) is 0 Å². The lowest BCUT2D eigenvalue weighted by molar-refractivity contribution is -0.119. The first kappa shape index (κ1) is 19.1. The lowest BCUT2D eigenvalue weighted by atomic mass is 10.2. The van der Waals surface area contributed by atoms with E-state index in [0.29, 0.717) is 17.6 Å². The van der Waals surface area contributed by atoms with Crippen molar-refractivity contribution in [1.29, 1.82) is 0 Å². The third-order valence-corrected chi connectivity index (χ3v) is 4.67. The molecule has 0 aliphatic heterocycles. The number of pyridine rings is 1. The molecule has 3 aromatic rings. The van der Waals surface area contributed by atoms with Gasteiger partial charge in [0.2, 0.25) is 5.91 Å². The smallest absolute Gasteiger partial charge is 0.230 e. The summed E-state index contributed by atoms with van der Waals surface area (Å²) in [7, 11) is 1.61. The third kappa shape index (κ3) is 4.93. The molecule has 1 atom stereocenters. The molecule has 0 aliphatic carbocycles. The Hall–Kier alpha value is -2.71. The maximum absolute atomic E-state index is 12.2. The summed E-state index contributed by atoms with van der Waals surface area (Å²) >= 11 is 1.35. The van der Waals surface area contributed by atoms with Gasteiger partial charge in [-0.25, -0.2) is 0 Å². The zero-order valence-electron chi connectivity index (χ0n) is 15.2. The van der Waals surface area contributed by atoms with Crippen LogP contribution in [-0.4, -0.2) is 51.2 Å². The largest absolute Gasteiger partial charge is 0.383 e. The van der Waals surface area contributed by atoms with Gasteiger partial charge in [-0.1, -0.05) is 30.0 Å². The van der Waals surface area contributed by atoms with E-state index in [4.69, 9.17) is 4.74 Å². The minimum Gasteiger partial charge on any atom is -0.383 e.